The normalized spacial score (nSPS) is 17.8. The maximum atomic E-state index is 14.1. The Balaban J connectivity index is 2.02. The smallest absolute Gasteiger partial charge is 0.408 e. The minimum atomic E-state index is -1.31. The predicted octanol–water partition coefficient (Wildman–Crippen LogP) is 3.69. The van der Waals surface area contributed by atoms with Crippen molar-refractivity contribution < 1.29 is 28.7 Å². The number of hydrogen-bond acceptors (Lipinski definition) is 6. The molecule has 1 aliphatic carbocycles. The molecule has 1 saturated carbocycles. The van der Waals surface area contributed by atoms with Crippen molar-refractivity contribution in [2.75, 3.05) is 12.4 Å². The van der Waals surface area contributed by atoms with E-state index in [2.05, 4.69) is 10.6 Å². The van der Waals surface area contributed by atoms with Gasteiger partial charge in [-0.25, -0.2) is 4.79 Å². The quantitative estimate of drug-likeness (QED) is 0.422. The fourth-order valence-corrected chi connectivity index (χ4v) is 4.40. The van der Waals surface area contributed by atoms with E-state index >= 15 is 0 Å². The van der Waals surface area contributed by atoms with Gasteiger partial charge < -0.3 is 30.7 Å². The van der Waals surface area contributed by atoms with E-state index in [1.165, 1.54) is 4.90 Å². The molecule has 10 heteroatoms. The molecule has 2 aromatic carbocycles. The molecule has 10 nitrogen and oxygen atoms in total. The highest BCUT2D eigenvalue weighted by molar-refractivity contribution is 6.00. The monoisotopic (exact) mass is 538 g/mol. The van der Waals surface area contributed by atoms with Gasteiger partial charge in [0.2, 0.25) is 11.8 Å². The molecule has 4 atom stereocenters. The fourth-order valence-electron chi connectivity index (χ4n) is 4.40. The molecule has 0 spiro atoms. The summed E-state index contributed by atoms with van der Waals surface area (Å²) in [6, 6.07) is 11.5. The highest BCUT2D eigenvalue weighted by Crippen LogP contribution is 2.41. The molecule has 2 aromatic rings. The minimum Gasteiger partial charge on any atom is -0.497 e. The van der Waals surface area contributed by atoms with E-state index in [0.717, 1.165) is 5.56 Å². The van der Waals surface area contributed by atoms with Crippen molar-refractivity contribution in [3.8, 4) is 5.75 Å². The van der Waals surface area contributed by atoms with Gasteiger partial charge in [0.15, 0.2) is 0 Å². The summed E-state index contributed by atoms with van der Waals surface area (Å²) < 4.78 is 10.5. The summed E-state index contributed by atoms with van der Waals surface area (Å²) in [7, 11) is 1.55. The van der Waals surface area contributed by atoms with Gasteiger partial charge in [0.05, 0.1) is 13.5 Å². The Morgan fingerprint density at radius 3 is 2.21 bits per heavy atom. The van der Waals surface area contributed by atoms with E-state index < -0.39 is 47.9 Å². The first-order valence-electron chi connectivity index (χ1n) is 12.9. The summed E-state index contributed by atoms with van der Waals surface area (Å²) in [5.74, 6) is -1.05. The van der Waals surface area contributed by atoms with Crippen LogP contribution in [0.2, 0.25) is 0 Å². The Hall–Kier alpha value is -4.08. The zero-order valence-electron chi connectivity index (χ0n) is 23.3. The zero-order valence-corrected chi connectivity index (χ0v) is 23.3. The van der Waals surface area contributed by atoms with Gasteiger partial charge in [-0.15, -0.1) is 0 Å². The number of amides is 4. The minimum absolute atomic E-state index is 0.116. The topological polar surface area (TPSA) is 140 Å². The Bertz CT molecular complexity index is 1210. The average molecular weight is 539 g/mol. The van der Waals surface area contributed by atoms with Crippen molar-refractivity contribution in [3.63, 3.8) is 0 Å². The van der Waals surface area contributed by atoms with Gasteiger partial charge >= 0.3 is 6.09 Å². The Kier molecular flexibility index (Phi) is 9.21. The number of ether oxygens (including phenoxy) is 2. The van der Waals surface area contributed by atoms with Crippen molar-refractivity contribution in [1.29, 1.82) is 0 Å². The third-order valence-corrected chi connectivity index (χ3v) is 6.44. The number of carbonyl (C=O) groups is 4. The number of alkyl carbamates (subject to hydrolysis) is 1. The number of benzene rings is 2. The molecular weight excluding hydrogens is 500 g/mol. The van der Waals surface area contributed by atoms with Crippen molar-refractivity contribution in [3.05, 3.63) is 59.7 Å². The van der Waals surface area contributed by atoms with Crippen LogP contribution in [0.25, 0.3) is 0 Å². The highest BCUT2D eigenvalue weighted by atomic mass is 16.6. The lowest BCUT2D eigenvalue weighted by molar-refractivity contribution is -0.142. The van der Waals surface area contributed by atoms with Crippen LogP contribution in [0.1, 0.15) is 57.7 Å². The molecule has 0 aromatic heterocycles. The number of primary amides is 1. The molecular formula is C29H38N4O6. The summed E-state index contributed by atoms with van der Waals surface area (Å²) in [5, 5.41) is 5.42. The van der Waals surface area contributed by atoms with Gasteiger partial charge in [0.25, 0.3) is 5.91 Å². The maximum absolute atomic E-state index is 14.1. The van der Waals surface area contributed by atoms with Crippen molar-refractivity contribution in [1.82, 2.24) is 10.2 Å². The Labute approximate surface area is 229 Å². The van der Waals surface area contributed by atoms with Crippen molar-refractivity contribution in [2.45, 2.75) is 71.2 Å². The molecule has 1 aliphatic rings. The standard InChI is InChI=1S/C29H38N4O6/c1-17-9-7-8-10-21(17)25(26(35)31-19-11-13-20(38-6)14-12-19)33(23-15-18(23)2)27(36)22(16-24(30)34)32-28(37)39-29(3,4)5/h7-14,18,22-23,25H,15-16H2,1-6H3,(H2,30,34)(H,31,35)(H,32,37). The van der Waals surface area contributed by atoms with Crippen LogP contribution in [0, 0.1) is 12.8 Å². The van der Waals surface area contributed by atoms with E-state index in [0.29, 0.717) is 23.4 Å². The number of nitrogens with zero attached hydrogens (tertiary/aromatic N) is 1. The van der Waals surface area contributed by atoms with Gasteiger partial charge in [-0.05, 0) is 75.4 Å². The predicted molar refractivity (Wildman–Crippen MR) is 147 cm³/mol. The van der Waals surface area contributed by atoms with Gasteiger partial charge in [-0.2, -0.15) is 0 Å². The van der Waals surface area contributed by atoms with E-state index in [9.17, 15) is 19.2 Å². The molecule has 4 unspecified atom stereocenters. The van der Waals surface area contributed by atoms with Gasteiger partial charge in [0, 0.05) is 11.7 Å². The lowest BCUT2D eigenvalue weighted by Gasteiger charge is -2.35. The molecule has 39 heavy (non-hydrogen) atoms. The fraction of sp³-hybridized carbons (Fsp3) is 0.448. The lowest BCUT2D eigenvalue weighted by Crippen LogP contribution is -2.54. The Morgan fingerprint density at radius 1 is 1.08 bits per heavy atom. The second-order valence-electron chi connectivity index (χ2n) is 10.9. The molecule has 1 fully saturated rings. The number of nitrogens with one attached hydrogen (secondary N) is 2. The maximum Gasteiger partial charge on any atom is 0.408 e. The van der Waals surface area contributed by atoms with Crippen molar-refractivity contribution >= 4 is 29.5 Å². The highest BCUT2D eigenvalue weighted by Gasteiger charge is 2.48. The summed E-state index contributed by atoms with van der Waals surface area (Å²) in [6.07, 6.45) is -0.642. The van der Waals surface area contributed by atoms with Crippen LogP contribution in [-0.4, -0.2) is 53.5 Å². The summed E-state index contributed by atoms with van der Waals surface area (Å²) >= 11 is 0. The number of anilines is 1. The summed E-state index contributed by atoms with van der Waals surface area (Å²) in [6.45, 7) is 8.90. The SMILES string of the molecule is COc1ccc(NC(=O)C(c2ccccc2C)N(C(=O)C(CC(N)=O)NC(=O)OC(C)(C)C)C2CC2C)cc1. The number of aryl methyl sites for hydroxylation is 1. The van der Waals surface area contributed by atoms with Gasteiger partial charge in [-0.3, -0.25) is 14.4 Å². The number of nitrogens with two attached hydrogens (primary N) is 1. The largest absolute Gasteiger partial charge is 0.497 e. The molecule has 0 heterocycles. The molecule has 3 rings (SSSR count). The second-order valence-corrected chi connectivity index (χ2v) is 10.9. The van der Waals surface area contributed by atoms with Crippen molar-refractivity contribution in [2.24, 2.45) is 11.7 Å². The zero-order chi connectivity index (χ0) is 28.9. The first-order chi connectivity index (χ1) is 18.3. The van der Waals surface area contributed by atoms with E-state index in [1.807, 2.05) is 26.0 Å². The van der Waals surface area contributed by atoms with Crippen LogP contribution < -0.4 is 21.1 Å². The number of hydrogen-bond donors (Lipinski definition) is 3. The van der Waals surface area contributed by atoms with Gasteiger partial charge in [0.1, 0.15) is 23.4 Å². The van der Waals surface area contributed by atoms with Crippen LogP contribution in [0.15, 0.2) is 48.5 Å². The third kappa shape index (κ3) is 7.95. The summed E-state index contributed by atoms with van der Waals surface area (Å²) in [5.41, 5.74) is 6.60. The number of methoxy groups -OCH3 is 1. The molecule has 0 saturated heterocycles. The van der Waals surface area contributed by atoms with Gasteiger partial charge in [-0.1, -0.05) is 31.2 Å². The number of rotatable bonds is 10. The summed E-state index contributed by atoms with van der Waals surface area (Å²) in [4.78, 5) is 54.1. The molecule has 4 amide bonds. The Morgan fingerprint density at radius 2 is 1.69 bits per heavy atom. The van der Waals surface area contributed by atoms with E-state index in [-0.39, 0.29) is 12.0 Å². The van der Waals surface area contributed by atoms with Crippen LogP contribution >= 0.6 is 0 Å². The molecule has 0 aliphatic heterocycles. The number of carbonyl (C=O) groups excluding carboxylic acids is 4. The second kappa shape index (κ2) is 12.2. The molecule has 4 N–H and O–H groups in total. The van der Waals surface area contributed by atoms with E-state index in [1.54, 1.807) is 64.3 Å². The first kappa shape index (κ1) is 29.5. The average Bonchev–Trinajstić information content (AvgIpc) is 3.56. The van der Waals surface area contributed by atoms with Crippen LogP contribution in [0.4, 0.5) is 10.5 Å². The third-order valence-electron chi connectivity index (χ3n) is 6.44. The first-order valence-corrected chi connectivity index (χ1v) is 12.9. The lowest BCUT2D eigenvalue weighted by atomic mass is 9.97. The molecule has 210 valence electrons. The van der Waals surface area contributed by atoms with E-state index in [4.69, 9.17) is 15.2 Å². The molecule has 0 bridgehead atoms. The van der Waals surface area contributed by atoms with Crippen LogP contribution in [0.5, 0.6) is 5.75 Å². The van der Waals surface area contributed by atoms with Crippen LogP contribution in [0.3, 0.4) is 0 Å². The van der Waals surface area contributed by atoms with Crippen LogP contribution in [-0.2, 0) is 19.1 Å². The molecule has 0 radical (unpaired) electrons.